The Balaban J connectivity index is 4.35. The van der Waals surface area contributed by atoms with Crippen LogP contribution >= 0.6 is 0 Å². The van der Waals surface area contributed by atoms with Crippen molar-refractivity contribution in [3.63, 3.8) is 0 Å². The van der Waals surface area contributed by atoms with Crippen LogP contribution in [0, 0.1) is 0 Å². The van der Waals surface area contributed by atoms with Gasteiger partial charge in [0.2, 0.25) is 0 Å². The monoisotopic (exact) mass is 595 g/mol. The number of quaternary nitrogens is 1. The van der Waals surface area contributed by atoms with Crippen molar-refractivity contribution in [3.05, 3.63) is 12.2 Å². The van der Waals surface area contributed by atoms with Gasteiger partial charge in [-0.2, -0.15) is 0 Å². The SMILES string of the molecule is CCCCCCCC/C=C/CCCCCCCCCC[N+](CCCCC(=O)[O-])(CCCCC(=O)O)CCCCC(=O)O. The zero-order valence-corrected chi connectivity index (χ0v) is 27.1. The van der Waals surface area contributed by atoms with Crippen LogP contribution in [0.15, 0.2) is 12.2 Å². The van der Waals surface area contributed by atoms with Gasteiger partial charge in [-0.25, -0.2) is 0 Å². The van der Waals surface area contributed by atoms with Crippen molar-refractivity contribution in [2.24, 2.45) is 0 Å². The summed E-state index contributed by atoms with van der Waals surface area (Å²) in [5, 5.41) is 29.0. The van der Waals surface area contributed by atoms with Crippen molar-refractivity contribution in [3.8, 4) is 0 Å². The minimum Gasteiger partial charge on any atom is -0.550 e. The van der Waals surface area contributed by atoms with Crippen LogP contribution in [0.25, 0.3) is 0 Å². The Morgan fingerprint density at radius 2 is 0.833 bits per heavy atom. The molecule has 0 radical (unpaired) electrons. The summed E-state index contributed by atoms with van der Waals surface area (Å²) in [5.41, 5.74) is 0. The molecule has 0 aromatic rings. The number of carbonyl (C=O) groups excluding carboxylic acids is 1. The molecule has 0 aliphatic heterocycles. The molecule has 7 heteroatoms. The third kappa shape index (κ3) is 28.2. The fourth-order valence-corrected chi connectivity index (χ4v) is 5.88. The fourth-order valence-electron chi connectivity index (χ4n) is 5.88. The number of rotatable bonds is 33. The fraction of sp³-hybridized carbons (Fsp3) is 0.857. The van der Waals surface area contributed by atoms with Gasteiger partial charge in [-0.15, -0.1) is 0 Å². The zero-order chi connectivity index (χ0) is 31.2. The van der Waals surface area contributed by atoms with Gasteiger partial charge in [0.25, 0.3) is 0 Å². The van der Waals surface area contributed by atoms with E-state index >= 15 is 0 Å². The smallest absolute Gasteiger partial charge is 0.303 e. The van der Waals surface area contributed by atoms with Crippen molar-refractivity contribution in [1.82, 2.24) is 0 Å². The summed E-state index contributed by atoms with van der Waals surface area (Å²) in [6, 6.07) is 0. The lowest BCUT2D eigenvalue weighted by Crippen LogP contribution is -2.51. The maximum atomic E-state index is 11.0. The molecule has 0 aromatic heterocycles. The zero-order valence-electron chi connectivity index (χ0n) is 27.1. The highest BCUT2D eigenvalue weighted by Gasteiger charge is 2.26. The summed E-state index contributed by atoms with van der Waals surface area (Å²) in [7, 11) is 0. The molecule has 0 bridgehead atoms. The lowest BCUT2D eigenvalue weighted by atomic mass is 10.0. The number of allylic oxidation sites excluding steroid dienone is 2. The summed E-state index contributed by atoms with van der Waals surface area (Å²) < 4.78 is 0.846. The molecule has 0 saturated heterocycles. The van der Waals surface area contributed by atoms with E-state index in [2.05, 4.69) is 19.1 Å². The summed E-state index contributed by atoms with van der Waals surface area (Å²) in [6.07, 6.45) is 30.0. The van der Waals surface area contributed by atoms with Gasteiger partial charge in [0, 0.05) is 18.8 Å². The lowest BCUT2D eigenvalue weighted by Gasteiger charge is -2.39. The Hall–Kier alpha value is -1.89. The first kappa shape index (κ1) is 40.1. The Morgan fingerprint density at radius 1 is 0.500 bits per heavy atom. The highest BCUT2D eigenvalue weighted by atomic mass is 16.4. The second kappa shape index (κ2) is 29.2. The summed E-state index contributed by atoms with van der Waals surface area (Å²) in [4.78, 5) is 32.9. The van der Waals surface area contributed by atoms with Gasteiger partial charge >= 0.3 is 11.9 Å². The molecule has 0 atom stereocenters. The Morgan fingerprint density at radius 3 is 1.21 bits per heavy atom. The minimum atomic E-state index is -1.02. The molecule has 0 saturated carbocycles. The van der Waals surface area contributed by atoms with E-state index in [0.717, 1.165) is 56.3 Å². The molecular formula is C35H65NO6. The van der Waals surface area contributed by atoms with Crippen molar-refractivity contribution < 1.29 is 34.2 Å². The minimum absolute atomic E-state index is 0.0630. The van der Waals surface area contributed by atoms with Crippen molar-refractivity contribution in [2.75, 3.05) is 26.2 Å². The van der Waals surface area contributed by atoms with E-state index < -0.39 is 17.9 Å². The average molecular weight is 596 g/mol. The Labute approximate surface area is 257 Å². The molecule has 0 spiro atoms. The highest BCUT2D eigenvalue weighted by Crippen LogP contribution is 2.20. The summed E-state index contributed by atoms with van der Waals surface area (Å²) >= 11 is 0. The van der Waals surface area contributed by atoms with Crippen LogP contribution in [0.5, 0.6) is 0 Å². The van der Waals surface area contributed by atoms with E-state index in [9.17, 15) is 19.5 Å². The van der Waals surface area contributed by atoms with E-state index in [4.69, 9.17) is 10.2 Å². The summed E-state index contributed by atoms with van der Waals surface area (Å²) in [5.74, 6) is -2.57. The van der Waals surface area contributed by atoms with Crippen LogP contribution in [0.3, 0.4) is 0 Å². The predicted molar refractivity (Wildman–Crippen MR) is 170 cm³/mol. The van der Waals surface area contributed by atoms with Crippen LogP contribution in [-0.2, 0) is 14.4 Å². The van der Waals surface area contributed by atoms with Crippen LogP contribution in [0.4, 0.5) is 0 Å². The molecule has 0 heterocycles. The van der Waals surface area contributed by atoms with E-state index in [1.54, 1.807) is 0 Å². The van der Waals surface area contributed by atoms with Crippen molar-refractivity contribution in [1.29, 1.82) is 0 Å². The van der Waals surface area contributed by atoms with Crippen molar-refractivity contribution >= 4 is 17.9 Å². The first-order valence-electron chi connectivity index (χ1n) is 17.4. The van der Waals surface area contributed by atoms with Gasteiger partial charge in [0.15, 0.2) is 0 Å². The molecule has 42 heavy (non-hydrogen) atoms. The number of unbranched alkanes of at least 4 members (excludes halogenated alkanes) is 17. The van der Waals surface area contributed by atoms with Gasteiger partial charge < -0.3 is 24.6 Å². The van der Waals surface area contributed by atoms with Crippen molar-refractivity contribution in [2.45, 2.75) is 167 Å². The van der Waals surface area contributed by atoms with E-state index in [-0.39, 0.29) is 19.3 Å². The maximum Gasteiger partial charge on any atom is 0.303 e. The molecule has 2 N–H and O–H groups in total. The molecule has 7 nitrogen and oxygen atoms in total. The van der Waals surface area contributed by atoms with Gasteiger partial charge in [-0.3, -0.25) is 9.59 Å². The number of nitrogens with zero attached hydrogens (tertiary/aromatic N) is 1. The number of carboxylic acid groups (broad SMARTS) is 3. The molecule has 0 amide bonds. The first-order chi connectivity index (χ1) is 20.3. The van der Waals surface area contributed by atoms with E-state index in [1.807, 2.05) is 0 Å². The first-order valence-corrected chi connectivity index (χ1v) is 17.4. The largest absolute Gasteiger partial charge is 0.550 e. The quantitative estimate of drug-likeness (QED) is 0.0451. The molecule has 0 aromatic carbocycles. The second-order valence-corrected chi connectivity index (χ2v) is 12.4. The number of hydrogen-bond acceptors (Lipinski definition) is 4. The predicted octanol–water partition coefficient (Wildman–Crippen LogP) is 8.05. The Kier molecular flexibility index (Phi) is 27.9. The topological polar surface area (TPSA) is 115 Å². The van der Waals surface area contributed by atoms with Gasteiger partial charge in [0.1, 0.15) is 0 Å². The molecule has 0 aliphatic rings. The van der Waals surface area contributed by atoms with Crippen LogP contribution in [-0.4, -0.2) is 58.8 Å². The molecule has 0 fully saturated rings. The number of carbonyl (C=O) groups is 3. The van der Waals surface area contributed by atoms with Crippen LogP contribution in [0.1, 0.15) is 167 Å². The average Bonchev–Trinajstić information content (AvgIpc) is 2.94. The second-order valence-electron chi connectivity index (χ2n) is 12.4. The highest BCUT2D eigenvalue weighted by molar-refractivity contribution is 5.66. The molecule has 0 unspecified atom stereocenters. The Bertz CT molecular complexity index is 638. The van der Waals surface area contributed by atoms with Gasteiger partial charge in [-0.1, -0.05) is 83.3 Å². The molecule has 246 valence electrons. The molecule has 0 rings (SSSR count). The van der Waals surface area contributed by atoms with Crippen LogP contribution < -0.4 is 5.11 Å². The third-order valence-corrected chi connectivity index (χ3v) is 8.45. The summed E-state index contributed by atoms with van der Waals surface area (Å²) in [6.45, 7) is 5.87. The normalized spacial score (nSPS) is 11.8. The van der Waals surface area contributed by atoms with Gasteiger partial charge in [-0.05, 0) is 83.5 Å². The van der Waals surface area contributed by atoms with E-state index in [0.29, 0.717) is 19.3 Å². The molecule has 0 aliphatic carbocycles. The van der Waals surface area contributed by atoms with Gasteiger partial charge in [0.05, 0.1) is 26.2 Å². The third-order valence-electron chi connectivity index (χ3n) is 8.45. The maximum absolute atomic E-state index is 11.0. The number of aliphatic carboxylic acids is 3. The number of carboxylic acids is 3. The molecular weight excluding hydrogens is 530 g/mol. The standard InChI is InChI=1S/C35H65NO6/c1-2-3-4-5-6-7-8-9-10-11-12-13-14-15-16-17-18-22-29-36(30-23-19-26-33(37)38,31-24-20-27-34(39)40)32-25-21-28-35(41)42/h9-10H,2-8,11-32H2,1H3,(H2-,37,38,39,40,41,42)/b10-9+. The lowest BCUT2D eigenvalue weighted by molar-refractivity contribution is -0.929. The van der Waals surface area contributed by atoms with Crippen LogP contribution in [0.2, 0.25) is 0 Å². The number of hydrogen-bond donors (Lipinski definition) is 2. The van der Waals surface area contributed by atoms with E-state index in [1.165, 1.54) is 96.3 Å².